The molecule has 10 nitrogen and oxygen atoms in total. The zero-order chi connectivity index (χ0) is 28.9. The largest absolute Gasteiger partial charge is 0.415 e. The van der Waals surface area contributed by atoms with E-state index >= 15 is 4.39 Å². The van der Waals surface area contributed by atoms with Crippen LogP contribution in [0.5, 0.6) is 0 Å². The Morgan fingerprint density at radius 3 is 2.37 bits per heavy atom. The fraction of sp³-hybridized carbons (Fsp3) is 0.440. The highest BCUT2D eigenvalue weighted by Crippen LogP contribution is 2.31. The molecule has 16 heteroatoms. The number of piperazine rings is 1. The number of nitrogens with zero attached hydrogens (tertiary/aromatic N) is 7. The summed E-state index contributed by atoms with van der Waals surface area (Å²) < 4.78 is 92.5. The van der Waals surface area contributed by atoms with Crippen molar-refractivity contribution in [3.63, 3.8) is 0 Å². The first-order valence-corrected chi connectivity index (χ1v) is 12.7. The van der Waals surface area contributed by atoms with Gasteiger partial charge in [-0.05, 0) is 18.2 Å². The monoisotopic (exact) mass is 583 g/mol. The molecule has 0 atom stereocenters. The lowest BCUT2D eigenvalue weighted by molar-refractivity contribution is -0.146. The summed E-state index contributed by atoms with van der Waals surface area (Å²) in [5, 5.41) is 6.87. The van der Waals surface area contributed by atoms with Gasteiger partial charge in [0.05, 0.1) is 60.3 Å². The Bertz CT molecular complexity index is 1600. The third-order valence-corrected chi connectivity index (χ3v) is 7.15. The van der Waals surface area contributed by atoms with E-state index in [-0.39, 0.29) is 50.3 Å². The van der Waals surface area contributed by atoms with Gasteiger partial charge >= 0.3 is 18.3 Å². The van der Waals surface area contributed by atoms with Gasteiger partial charge in [-0.15, -0.1) is 10.2 Å². The molecule has 2 aliphatic rings. The van der Waals surface area contributed by atoms with Crippen molar-refractivity contribution in [2.45, 2.75) is 25.2 Å². The Kier molecular flexibility index (Phi) is 6.97. The summed E-state index contributed by atoms with van der Waals surface area (Å²) in [4.78, 5) is 20.8. The summed E-state index contributed by atoms with van der Waals surface area (Å²) in [7, 11) is 0. The molecule has 1 aromatic carbocycles. The summed E-state index contributed by atoms with van der Waals surface area (Å²) in [6, 6.07) is 5.65. The third-order valence-electron chi connectivity index (χ3n) is 7.15. The van der Waals surface area contributed by atoms with Gasteiger partial charge in [0.2, 0.25) is 5.89 Å². The summed E-state index contributed by atoms with van der Waals surface area (Å²) in [6.45, 7) is 0.214. The molecular formula is C25H23F6N7O3. The predicted octanol–water partition coefficient (Wildman–Crippen LogP) is 3.63. The Morgan fingerprint density at radius 2 is 1.78 bits per heavy atom. The van der Waals surface area contributed by atoms with Crippen molar-refractivity contribution in [1.82, 2.24) is 29.2 Å². The fourth-order valence-electron chi connectivity index (χ4n) is 5.05. The number of alkyl halides is 5. The minimum absolute atomic E-state index is 0.0167. The number of fused-ring (bicyclic) bond motifs is 1. The maximum atomic E-state index is 15.5. The number of halogens is 6. The van der Waals surface area contributed by atoms with Crippen molar-refractivity contribution in [2.24, 2.45) is 0 Å². The van der Waals surface area contributed by atoms with E-state index in [1.807, 2.05) is 0 Å². The van der Waals surface area contributed by atoms with E-state index in [0.29, 0.717) is 35.5 Å². The molecule has 0 spiro atoms. The molecule has 5 heterocycles. The molecule has 0 amide bonds. The van der Waals surface area contributed by atoms with Gasteiger partial charge in [0.25, 0.3) is 5.89 Å². The van der Waals surface area contributed by atoms with Crippen LogP contribution in [0.4, 0.5) is 32.0 Å². The number of hydrogen-bond donors (Lipinski definition) is 0. The smallest absolute Gasteiger partial charge is 0.401 e. The van der Waals surface area contributed by atoms with Gasteiger partial charge in [0, 0.05) is 38.4 Å². The van der Waals surface area contributed by atoms with Crippen LogP contribution in [0.2, 0.25) is 0 Å². The molecular weight excluding hydrogens is 560 g/mol. The molecule has 0 N–H and O–H groups in total. The maximum absolute atomic E-state index is 15.5. The Morgan fingerprint density at radius 1 is 1.02 bits per heavy atom. The van der Waals surface area contributed by atoms with Crippen molar-refractivity contribution in [3.05, 3.63) is 58.3 Å². The van der Waals surface area contributed by atoms with E-state index < -0.39 is 36.5 Å². The first kappa shape index (κ1) is 27.3. The van der Waals surface area contributed by atoms with Crippen LogP contribution in [0.1, 0.15) is 24.1 Å². The number of rotatable bonds is 7. The lowest BCUT2D eigenvalue weighted by atomic mass is 10.2. The molecule has 41 heavy (non-hydrogen) atoms. The van der Waals surface area contributed by atoms with E-state index in [9.17, 15) is 26.7 Å². The number of anilines is 1. The maximum Gasteiger partial charge on any atom is 0.401 e. The number of aromatic nitrogens is 5. The van der Waals surface area contributed by atoms with Gasteiger partial charge in [-0.1, -0.05) is 0 Å². The van der Waals surface area contributed by atoms with Gasteiger partial charge < -0.3 is 14.1 Å². The molecule has 2 aliphatic heterocycles. The highest BCUT2D eigenvalue weighted by molar-refractivity contribution is 5.81. The van der Waals surface area contributed by atoms with Crippen molar-refractivity contribution < 1.29 is 35.5 Å². The minimum Gasteiger partial charge on any atom is -0.415 e. The zero-order valence-electron chi connectivity index (χ0n) is 21.3. The fourth-order valence-corrected chi connectivity index (χ4v) is 5.05. The van der Waals surface area contributed by atoms with Crippen molar-refractivity contribution in [2.75, 3.05) is 50.8 Å². The lowest BCUT2D eigenvalue weighted by Crippen LogP contribution is -2.49. The second-order valence-electron chi connectivity index (χ2n) is 9.89. The van der Waals surface area contributed by atoms with Gasteiger partial charge in [-0.2, -0.15) is 22.0 Å². The minimum atomic E-state index is -4.31. The number of pyridine rings is 1. The molecule has 0 bridgehead atoms. The number of hydrogen-bond acceptors (Lipinski definition) is 8. The third kappa shape index (κ3) is 5.40. The Balaban J connectivity index is 1.29. The summed E-state index contributed by atoms with van der Waals surface area (Å²) >= 11 is 0. The van der Waals surface area contributed by atoms with Crippen molar-refractivity contribution in [1.29, 1.82) is 0 Å². The van der Waals surface area contributed by atoms with Crippen LogP contribution in [0.15, 0.2) is 39.7 Å². The van der Waals surface area contributed by atoms with Crippen LogP contribution in [0, 0.1) is 5.82 Å². The van der Waals surface area contributed by atoms with E-state index in [0.717, 1.165) is 0 Å². The highest BCUT2D eigenvalue weighted by Gasteiger charge is 2.33. The zero-order valence-corrected chi connectivity index (χ0v) is 21.3. The SMILES string of the molecule is O=c1n(Cc2ccc(-c3nnc(C(F)F)o3)cn2)c2cc(F)c(N3CCN(CC(F)(F)F)CC3)cc2n1C1COC1. The molecule has 2 saturated heterocycles. The normalized spacial score (nSPS) is 17.1. The second-order valence-corrected chi connectivity index (χ2v) is 9.89. The molecule has 0 aliphatic carbocycles. The van der Waals surface area contributed by atoms with Crippen LogP contribution in [-0.4, -0.2) is 81.3 Å². The van der Waals surface area contributed by atoms with E-state index in [1.165, 1.54) is 27.8 Å². The van der Waals surface area contributed by atoms with Crippen molar-refractivity contribution in [3.8, 4) is 11.5 Å². The van der Waals surface area contributed by atoms with E-state index in [1.54, 1.807) is 21.6 Å². The number of ether oxygens (including phenoxy) is 1. The average molecular weight is 583 g/mol. The molecule has 0 unspecified atom stereocenters. The van der Waals surface area contributed by atoms with Crippen LogP contribution in [0.3, 0.4) is 0 Å². The Hall–Kier alpha value is -3.92. The molecule has 3 aromatic heterocycles. The van der Waals surface area contributed by atoms with Gasteiger partial charge in [0.15, 0.2) is 0 Å². The van der Waals surface area contributed by atoms with Crippen LogP contribution >= 0.6 is 0 Å². The van der Waals surface area contributed by atoms with E-state index in [2.05, 4.69) is 15.2 Å². The quantitative estimate of drug-likeness (QED) is 0.305. The first-order valence-electron chi connectivity index (χ1n) is 12.7. The van der Waals surface area contributed by atoms with Crippen molar-refractivity contribution >= 4 is 16.7 Å². The average Bonchev–Trinajstić information content (AvgIpc) is 3.48. The molecule has 0 radical (unpaired) electrons. The second kappa shape index (κ2) is 10.5. The standard InChI is InChI=1S/C25H23F6N7O3/c26-17-7-19-20(8-18(17)36-5-3-35(4-6-36)13-25(29,30)31)38(16-11-40-12-16)24(39)37(19)10-15-2-1-14(9-32-15)22-33-34-23(41-22)21(27)28/h1-2,7-9,16,21H,3-6,10-13H2. The summed E-state index contributed by atoms with van der Waals surface area (Å²) in [6.07, 6.45) is -5.87. The topological polar surface area (TPSA) is 94.5 Å². The number of benzene rings is 1. The Labute approximate surface area is 227 Å². The molecule has 2 fully saturated rings. The molecule has 218 valence electrons. The molecule has 6 rings (SSSR count). The highest BCUT2D eigenvalue weighted by atomic mass is 19.4. The lowest BCUT2D eigenvalue weighted by Gasteiger charge is -2.36. The molecule has 0 saturated carbocycles. The van der Waals surface area contributed by atoms with Crippen LogP contribution < -0.4 is 10.6 Å². The summed E-state index contributed by atoms with van der Waals surface area (Å²) in [5.41, 5.74) is 1.34. The predicted molar refractivity (Wildman–Crippen MR) is 132 cm³/mol. The number of imidazole rings is 1. The first-order chi connectivity index (χ1) is 19.6. The van der Waals surface area contributed by atoms with Gasteiger partial charge in [0.1, 0.15) is 5.82 Å². The summed E-state index contributed by atoms with van der Waals surface area (Å²) in [5.74, 6) is -1.55. The van der Waals surface area contributed by atoms with Gasteiger partial charge in [-0.25, -0.2) is 9.18 Å². The van der Waals surface area contributed by atoms with Crippen LogP contribution in [-0.2, 0) is 11.3 Å². The van der Waals surface area contributed by atoms with Crippen LogP contribution in [0.25, 0.3) is 22.5 Å². The molecule has 4 aromatic rings. The van der Waals surface area contributed by atoms with Gasteiger partial charge in [-0.3, -0.25) is 19.0 Å². The van der Waals surface area contributed by atoms with E-state index in [4.69, 9.17) is 9.15 Å².